The molecular weight excluding hydrogens is 472 g/mol. The van der Waals surface area contributed by atoms with E-state index in [1.54, 1.807) is 13.8 Å². The van der Waals surface area contributed by atoms with E-state index in [0.717, 1.165) is 0 Å². The zero-order valence-corrected chi connectivity index (χ0v) is 19.4. The van der Waals surface area contributed by atoms with Crippen molar-refractivity contribution in [3.63, 3.8) is 0 Å². The highest BCUT2D eigenvalue weighted by atomic mass is 16.4. The molecular formula is C20H32N4O11. The fourth-order valence-corrected chi connectivity index (χ4v) is 2.82. The highest BCUT2D eigenvalue weighted by Gasteiger charge is 2.33. The summed E-state index contributed by atoms with van der Waals surface area (Å²) in [6.45, 7) is 3.23. The molecule has 198 valence electrons. The predicted molar refractivity (Wildman–Crippen MR) is 117 cm³/mol. The molecule has 0 aliphatic carbocycles. The summed E-state index contributed by atoms with van der Waals surface area (Å²) in [5, 5.41) is 42.5. The standard InChI is InChI=1S/C20H32N4O11/c1-3-9(2)16(20(34)35)24-19(33)12(8-15(29)30)23-18(32)11(5-7-14(27)28)22-17(31)10(21)4-6-13(25)26/h9-12,16H,3-8,21H2,1-2H3,(H,22,31)(H,23,32)(H,24,33)(H,25,26)(H,27,28)(H,29,30)(H,34,35). The van der Waals surface area contributed by atoms with Gasteiger partial charge in [0.25, 0.3) is 0 Å². The zero-order valence-electron chi connectivity index (χ0n) is 19.4. The van der Waals surface area contributed by atoms with Crippen LogP contribution in [0.1, 0.15) is 52.4 Å². The summed E-state index contributed by atoms with van der Waals surface area (Å²) in [7, 11) is 0. The molecule has 5 atom stereocenters. The van der Waals surface area contributed by atoms with Crippen molar-refractivity contribution in [2.75, 3.05) is 0 Å². The Hall–Kier alpha value is -3.75. The maximum Gasteiger partial charge on any atom is 0.326 e. The first-order valence-corrected chi connectivity index (χ1v) is 10.7. The second-order valence-corrected chi connectivity index (χ2v) is 7.90. The number of carbonyl (C=O) groups excluding carboxylic acids is 3. The molecule has 0 spiro atoms. The molecule has 0 aromatic rings. The first kappa shape index (κ1) is 31.2. The lowest BCUT2D eigenvalue weighted by Gasteiger charge is -2.25. The Morgan fingerprint density at radius 1 is 0.714 bits per heavy atom. The summed E-state index contributed by atoms with van der Waals surface area (Å²) in [6.07, 6.45) is -2.31. The minimum absolute atomic E-state index is 0.273. The van der Waals surface area contributed by atoms with E-state index in [0.29, 0.717) is 6.42 Å². The number of hydrogen-bond donors (Lipinski definition) is 8. The number of rotatable bonds is 17. The second kappa shape index (κ2) is 15.2. The molecule has 0 heterocycles. The summed E-state index contributed by atoms with van der Waals surface area (Å²) in [6, 6.07) is -5.99. The Labute approximate surface area is 200 Å². The van der Waals surface area contributed by atoms with E-state index in [-0.39, 0.29) is 6.42 Å². The van der Waals surface area contributed by atoms with Crippen LogP contribution in [-0.2, 0) is 33.6 Å². The number of carboxylic acid groups (broad SMARTS) is 4. The van der Waals surface area contributed by atoms with Gasteiger partial charge in [-0.05, 0) is 18.8 Å². The molecule has 15 nitrogen and oxygen atoms in total. The van der Waals surface area contributed by atoms with Crippen molar-refractivity contribution < 1.29 is 54.0 Å². The fourth-order valence-electron chi connectivity index (χ4n) is 2.82. The number of carboxylic acids is 4. The van der Waals surface area contributed by atoms with Crippen LogP contribution in [0.4, 0.5) is 0 Å². The Morgan fingerprint density at radius 3 is 1.66 bits per heavy atom. The van der Waals surface area contributed by atoms with Crippen molar-refractivity contribution in [2.45, 2.75) is 76.5 Å². The van der Waals surface area contributed by atoms with E-state index in [2.05, 4.69) is 16.0 Å². The van der Waals surface area contributed by atoms with Gasteiger partial charge < -0.3 is 42.1 Å². The molecule has 0 fully saturated rings. The van der Waals surface area contributed by atoms with Crippen LogP contribution in [0.3, 0.4) is 0 Å². The number of hydrogen-bond acceptors (Lipinski definition) is 8. The van der Waals surface area contributed by atoms with Crippen LogP contribution in [0.2, 0.25) is 0 Å². The van der Waals surface area contributed by atoms with Crippen LogP contribution < -0.4 is 21.7 Å². The van der Waals surface area contributed by atoms with Crippen LogP contribution in [-0.4, -0.2) is 86.2 Å². The summed E-state index contributed by atoms with van der Waals surface area (Å²) in [5.41, 5.74) is 5.59. The first-order chi connectivity index (χ1) is 16.2. The van der Waals surface area contributed by atoms with Crippen molar-refractivity contribution in [2.24, 2.45) is 11.7 Å². The van der Waals surface area contributed by atoms with Gasteiger partial charge in [-0.3, -0.25) is 28.8 Å². The minimum atomic E-state index is -1.74. The molecule has 0 rings (SSSR count). The number of nitrogens with two attached hydrogens (primary N) is 1. The molecule has 0 aromatic carbocycles. The molecule has 0 bridgehead atoms. The number of amides is 3. The van der Waals surface area contributed by atoms with Gasteiger partial charge in [-0.1, -0.05) is 20.3 Å². The topological polar surface area (TPSA) is 263 Å². The van der Waals surface area contributed by atoms with Gasteiger partial charge in [-0.2, -0.15) is 0 Å². The average molecular weight is 504 g/mol. The smallest absolute Gasteiger partial charge is 0.326 e. The number of carbonyl (C=O) groups is 7. The van der Waals surface area contributed by atoms with Crippen LogP contribution in [0.5, 0.6) is 0 Å². The third kappa shape index (κ3) is 12.3. The Bertz CT molecular complexity index is 817. The zero-order chi connectivity index (χ0) is 27.3. The second-order valence-electron chi connectivity index (χ2n) is 7.90. The third-order valence-corrected chi connectivity index (χ3v) is 5.07. The normalized spacial score (nSPS) is 14.9. The van der Waals surface area contributed by atoms with Gasteiger partial charge in [0, 0.05) is 12.8 Å². The summed E-state index contributed by atoms with van der Waals surface area (Å²) >= 11 is 0. The van der Waals surface area contributed by atoms with Crippen LogP contribution in [0, 0.1) is 5.92 Å². The summed E-state index contributed by atoms with van der Waals surface area (Å²) < 4.78 is 0. The van der Waals surface area contributed by atoms with Gasteiger partial charge in [0.05, 0.1) is 12.5 Å². The van der Waals surface area contributed by atoms with E-state index in [4.69, 9.17) is 21.1 Å². The molecule has 35 heavy (non-hydrogen) atoms. The highest BCUT2D eigenvalue weighted by Crippen LogP contribution is 2.09. The highest BCUT2D eigenvalue weighted by molar-refractivity contribution is 5.95. The maximum atomic E-state index is 12.7. The van der Waals surface area contributed by atoms with Gasteiger partial charge >= 0.3 is 23.9 Å². The van der Waals surface area contributed by atoms with Gasteiger partial charge in [-0.15, -0.1) is 0 Å². The van der Waals surface area contributed by atoms with Gasteiger partial charge in [0.2, 0.25) is 17.7 Å². The molecule has 0 aliphatic heterocycles. The monoisotopic (exact) mass is 504 g/mol. The first-order valence-electron chi connectivity index (χ1n) is 10.7. The van der Waals surface area contributed by atoms with Crippen molar-refractivity contribution in [1.82, 2.24) is 16.0 Å². The van der Waals surface area contributed by atoms with E-state index in [9.17, 15) is 38.7 Å². The third-order valence-electron chi connectivity index (χ3n) is 5.07. The lowest BCUT2D eigenvalue weighted by atomic mass is 9.98. The molecule has 0 saturated carbocycles. The molecule has 5 unspecified atom stereocenters. The van der Waals surface area contributed by atoms with Crippen LogP contribution in [0.15, 0.2) is 0 Å². The van der Waals surface area contributed by atoms with E-state index in [1.807, 2.05) is 0 Å². The van der Waals surface area contributed by atoms with Crippen LogP contribution in [0.25, 0.3) is 0 Å². The van der Waals surface area contributed by atoms with Crippen molar-refractivity contribution in [3.05, 3.63) is 0 Å². The van der Waals surface area contributed by atoms with E-state index in [1.165, 1.54) is 0 Å². The quantitative estimate of drug-likeness (QED) is 0.108. The van der Waals surface area contributed by atoms with Gasteiger partial charge in [0.1, 0.15) is 18.1 Å². The lowest BCUT2D eigenvalue weighted by Crippen LogP contribution is -2.58. The maximum absolute atomic E-state index is 12.7. The molecule has 9 N–H and O–H groups in total. The van der Waals surface area contributed by atoms with Crippen molar-refractivity contribution >= 4 is 41.6 Å². The summed E-state index contributed by atoms with van der Waals surface area (Å²) in [5.74, 6) is -9.08. The number of aliphatic carboxylic acids is 4. The largest absolute Gasteiger partial charge is 0.481 e. The Balaban J connectivity index is 5.61. The molecule has 0 saturated heterocycles. The lowest BCUT2D eigenvalue weighted by molar-refractivity contribution is -0.145. The van der Waals surface area contributed by atoms with Crippen molar-refractivity contribution in [3.8, 4) is 0 Å². The van der Waals surface area contributed by atoms with Gasteiger partial charge in [-0.25, -0.2) is 4.79 Å². The SMILES string of the molecule is CCC(C)C(NC(=O)C(CC(=O)O)NC(=O)C(CCC(=O)O)NC(=O)C(N)CCC(=O)O)C(=O)O. The fraction of sp³-hybridized carbons (Fsp3) is 0.650. The molecule has 15 heteroatoms. The molecule has 3 amide bonds. The molecule has 0 aromatic heterocycles. The minimum Gasteiger partial charge on any atom is -0.481 e. The average Bonchev–Trinajstić information content (AvgIpc) is 2.76. The summed E-state index contributed by atoms with van der Waals surface area (Å²) in [4.78, 5) is 81.9. The molecule has 0 aliphatic rings. The van der Waals surface area contributed by atoms with Crippen LogP contribution >= 0.6 is 0 Å². The van der Waals surface area contributed by atoms with Crippen molar-refractivity contribution in [1.29, 1.82) is 0 Å². The predicted octanol–water partition coefficient (Wildman–Crippen LogP) is -1.90. The molecule has 0 radical (unpaired) electrons. The van der Waals surface area contributed by atoms with E-state index < -0.39 is 97.4 Å². The Morgan fingerprint density at radius 2 is 1.20 bits per heavy atom. The Kier molecular flexibility index (Phi) is 13.6. The number of nitrogens with one attached hydrogen (secondary N) is 3. The van der Waals surface area contributed by atoms with E-state index >= 15 is 0 Å². The van der Waals surface area contributed by atoms with Gasteiger partial charge in [0.15, 0.2) is 0 Å².